The Morgan fingerprint density at radius 1 is 1.13 bits per heavy atom. The molecule has 82 valence electrons. The highest BCUT2D eigenvalue weighted by molar-refractivity contribution is 5.27. The van der Waals surface area contributed by atoms with Crippen molar-refractivity contribution in [3.05, 3.63) is 35.4 Å². The number of nitrogens with one attached hydrogen (secondary N) is 1. The van der Waals surface area contributed by atoms with Crippen LogP contribution in [0.5, 0.6) is 0 Å². The Morgan fingerprint density at radius 3 is 2.20 bits per heavy atom. The molecule has 15 heavy (non-hydrogen) atoms. The Hall–Kier alpha value is -0.860. The van der Waals surface area contributed by atoms with Crippen molar-refractivity contribution in [3.8, 4) is 0 Å². The normalized spacial score (nSPS) is 29.3. The molecule has 1 aromatic carbocycles. The maximum atomic E-state index is 5.87. The maximum absolute atomic E-state index is 5.87. The molecule has 1 unspecified atom stereocenters. The Morgan fingerprint density at radius 2 is 1.73 bits per heavy atom. The van der Waals surface area contributed by atoms with Gasteiger partial charge >= 0.3 is 0 Å². The Bertz CT molecular complexity index is 355. The zero-order chi connectivity index (χ0) is 11.1. The summed E-state index contributed by atoms with van der Waals surface area (Å²) < 4.78 is 5.87. The first-order chi connectivity index (χ1) is 6.91. The zero-order valence-electron chi connectivity index (χ0n) is 9.92. The highest BCUT2D eigenvalue weighted by atomic mass is 16.5. The molecule has 2 heteroatoms. The van der Waals surface area contributed by atoms with Crippen molar-refractivity contribution < 1.29 is 4.74 Å². The second-order valence-electron chi connectivity index (χ2n) is 5.20. The van der Waals surface area contributed by atoms with E-state index >= 15 is 0 Å². The Labute approximate surface area is 91.6 Å². The van der Waals surface area contributed by atoms with Gasteiger partial charge < -0.3 is 4.74 Å². The van der Waals surface area contributed by atoms with E-state index in [1.54, 1.807) is 0 Å². The molecule has 0 spiro atoms. The fourth-order valence-electron chi connectivity index (χ4n) is 2.07. The highest BCUT2D eigenvalue weighted by Gasteiger charge is 2.41. The lowest BCUT2D eigenvalue weighted by Gasteiger charge is -2.27. The zero-order valence-corrected chi connectivity index (χ0v) is 9.92. The second kappa shape index (κ2) is 3.32. The van der Waals surface area contributed by atoms with Crippen molar-refractivity contribution in [1.82, 2.24) is 5.32 Å². The first-order valence-corrected chi connectivity index (χ1v) is 5.42. The van der Waals surface area contributed by atoms with E-state index < -0.39 is 0 Å². The minimum absolute atomic E-state index is 0.0552. The Balaban J connectivity index is 2.27. The fourth-order valence-corrected chi connectivity index (χ4v) is 2.07. The van der Waals surface area contributed by atoms with Gasteiger partial charge in [0.2, 0.25) is 0 Å². The molecule has 0 aromatic heterocycles. The number of hydrogen-bond acceptors (Lipinski definition) is 2. The molecule has 0 bridgehead atoms. The molecular formula is C13H19NO. The van der Waals surface area contributed by atoms with Gasteiger partial charge in [-0.3, -0.25) is 5.32 Å². The van der Waals surface area contributed by atoms with Crippen LogP contribution in [0.2, 0.25) is 0 Å². The molecule has 0 amide bonds. The van der Waals surface area contributed by atoms with Gasteiger partial charge in [-0.1, -0.05) is 29.8 Å². The lowest BCUT2D eigenvalue weighted by Crippen LogP contribution is -2.44. The van der Waals surface area contributed by atoms with Gasteiger partial charge in [0.05, 0.1) is 6.61 Å². The predicted molar refractivity (Wildman–Crippen MR) is 61.7 cm³/mol. The third-order valence-electron chi connectivity index (χ3n) is 2.90. The maximum Gasteiger partial charge on any atom is 0.143 e. The summed E-state index contributed by atoms with van der Waals surface area (Å²) in [6, 6.07) is 8.50. The predicted octanol–water partition coefficient (Wildman–Crippen LogP) is 2.57. The van der Waals surface area contributed by atoms with Crippen molar-refractivity contribution >= 4 is 0 Å². The van der Waals surface area contributed by atoms with Gasteiger partial charge in [-0.2, -0.15) is 0 Å². The van der Waals surface area contributed by atoms with E-state index in [0.717, 1.165) is 6.61 Å². The van der Waals surface area contributed by atoms with Gasteiger partial charge in [-0.05, 0) is 33.3 Å². The molecule has 0 aliphatic carbocycles. The number of hydrogen-bond donors (Lipinski definition) is 1. The summed E-state index contributed by atoms with van der Waals surface area (Å²) in [5.41, 5.74) is 2.19. The van der Waals surface area contributed by atoms with Crippen molar-refractivity contribution in [2.24, 2.45) is 0 Å². The van der Waals surface area contributed by atoms with Gasteiger partial charge in [0.25, 0.3) is 0 Å². The van der Waals surface area contributed by atoms with Crippen LogP contribution in [0.4, 0.5) is 0 Å². The SMILES string of the molecule is Cc1ccc(C2(C)NC(C)(C)CO2)cc1. The van der Waals surface area contributed by atoms with Gasteiger partial charge in [-0.25, -0.2) is 0 Å². The monoisotopic (exact) mass is 205 g/mol. The van der Waals surface area contributed by atoms with E-state index in [-0.39, 0.29) is 11.3 Å². The fraction of sp³-hybridized carbons (Fsp3) is 0.538. The van der Waals surface area contributed by atoms with Gasteiger partial charge in [0.15, 0.2) is 0 Å². The summed E-state index contributed by atoms with van der Waals surface area (Å²) in [5.74, 6) is 0. The van der Waals surface area contributed by atoms with Crippen LogP contribution in [0, 0.1) is 6.92 Å². The lowest BCUT2D eigenvalue weighted by molar-refractivity contribution is 0.00218. The molecule has 1 heterocycles. The quantitative estimate of drug-likeness (QED) is 0.760. The van der Waals surface area contributed by atoms with Crippen molar-refractivity contribution in [2.45, 2.75) is 39.0 Å². The van der Waals surface area contributed by atoms with E-state index in [0.29, 0.717) is 0 Å². The average Bonchev–Trinajstić information content (AvgIpc) is 2.43. The molecule has 1 atom stereocenters. The summed E-state index contributed by atoms with van der Waals surface area (Å²) >= 11 is 0. The standard InChI is InChI=1S/C13H19NO/c1-10-5-7-11(8-6-10)13(4)14-12(2,3)9-15-13/h5-8,14H,9H2,1-4H3. The van der Waals surface area contributed by atoms with Crippen LogP contribution in [-0.4, -0.2) is 12.1 Å². The molecule has 1 aliphatic rings. The summed E-state index contributed by atoms with van der Waals surface area (Å²) in [6.45, 7) is 9.25. The van der Waals surface area contributed by atoms with Crippen molar-refractivity contribution in [3.63, 3.8) is 0 Å². The van der Waals surface area contributed by atoms with Crippen LogP contribution in [0.15, 0.2) is 24.3 Å². The first-order valence-electron chi connectivity index (χ1n) is 5.42. The minimum atomic E-state index is -0.336. The molecule has 1 N–H and O–H groups in total. The van der Waals surface area contributed by atoms with Crippen LogP contribution >= 0.6 is 0 Å². The second-order valence-corrected chi connectivity index (χ2v) is 5.20. The molecule has 0 saturated carbocycles. The van der Waals surface area contributed by atoms with Crippen LogP contribution < -0.4 is 5.32 Å². The molecule has 2 nitrogen and oxygen atoms in total. The lowest BCUT2D eigenvalue weighted by atomic mass is 10.0. The summed E-state index contributed by atoms with van der Waals surface area (Å²) in [7, 11) is 0. The van der Waals surface area contributed by atoms with Gasteiger partial charge in [-0.15, -0.1) is 0 Å². The number of ether oxygens (including phenoxy) is 1. The Kier molecular flexibility index (Phi) is 2.36. The van der Waals surface area contributed by atoms with Crippen LogP contribution in [0.3, 0.4) is 0 Å². The van der Waals surface area contributed by atoms with Crippen molar-refractivity contribution in [2.75, 3.05) is 6.61 Å². The molecule has 1 aliphatic heterocycles. The molecule has 1 aromatic rings. The molecule has 1 fully saturated rings. The van der Waals surface area contributed by atoms with Crippen LogP contribution in [-0.2, 0) is 10.5 Å². The minimum Gasteiger partial charge on any atom is -0.355 e. The van der Waals surface area contributed by atoms with E-state index in [4.69, 9.17) is 4.74 Å². The van der Waals surface area contributed by atoms with E-state index in [1.165, 1.54) is 11.1 Å². The summed E-state index contributed by atoms with van der Waals surface area (Å²) in [5, 5.41) is 3.52. The van der Waals surface area contributed by atoms with Crippen LogP contribution in [0.25, 0.3) is 0 Å². The smallest absolute Gasteiger partial charge is 0.143 e. The molecule has 0 radical (unpaired) electrons. The van der Waals surface area contributed by atoms with Gasteiger partial charge in [0, 0.05) is 5.54 Å². The number of benzene rings is 1. The van der Waals surface area contributed by atoms with Crippen LogP contribution in [0.1, 0.15) is 31.9 Å². The summed E-state index contributed by atoms with van der Waals surface area (Å²) in [4.78, 5) is 0. The topological polar surface area (TPSA) is 21.3 Å². The number of aryl methyl sites for hydroxylation is 1. The van der Waals surface area contributed by atoms with E-state index in [2.05, 4.69) is 57.3 Å². The average molecular weight is 205 g/mol. The van der Waals surface area contributed by atoms with E-state index in [9.17, 15) is 0 Å². The third kappa shape index (κ3) is 2.06. The largest absolute Gasteiger partial charge is 0.355 e. The highest BCUT2D eigenvalue weighted by Crippen LogP contribution is 2.31. The molecular weight excluding hydrogens is 186 g/mol. The van der Waals surface area contributed by atoms with E-state index in [1.807, 2.05) is 0 Å². The van der Waals surface area contributed by atoms with Crippen molar-refractivity contribution in [1.29, 1.82) is 0 Å². The first kappa shape index (κ1) is 10.7. The summed E-state index contributed by atoms with van der Waals surface area (Å²) in [6.07, 6.45) is 0. The van der Waals surface area contributed by atoms with Gasteiger partial charge in [0.1, 0.15) is 5.72 Å². The molecule has 1 saturated heterocycles. The molecule has 2 rings (SSSR count). The third-order valence-corrected chi connectivity index (χ3v) is 2.90. The number of rotatable bonds is 1.